The van der Waals surface area contributed by atoms with Crippen LogP contribution in [0.1, 0.15) is 6.42 Å². The highest BCUT2D eigenvalue weighted by Gasteiger charge is 2.07. The van der Waals surface area contributed by atoms with Gasteiger partial charge in [0.15, 0.2) is 0 Å². The van der Waals surface area contributed by atoms with Crippen molar-refractivity contribution in [2.75, 3.05) is 7.11 Å². The normalized spacial score (nSPS) is 10.7. The lowest BCUT2D eigenvalue weighted by atomic mass is 10.3. The Bertz CT molecular complexity index is 235. The van der Waals surface area contributed by atoms with Gasteiger partial charge in [0.25, 0.3) is 0 Å². The molecule has 1 amide bonds. The first-order chi connectivity index (χ1) is 5.61. The number of amides is 1. The van der Waals surface area contributed by atoms with Gasteiger partial charge in [-0.15, -0.1) is 6.58 Å². The van der Waals surface area contributed by atoms with Gasteiger partial charge in [-0.1, -0.05) is 18.7 Å². The first kappa shape index (κ1) is 10.9. The first-order valence-electron chi connectivity index (χ1n) is 3.11. The van der Waals surface area contributed by atoms with Crippen LogP contribution in [0, 0.1) is 0 Å². The van der Waals surface area contributed by atoms with Crippen LogP contribution in [-0.2, 0) is 9.53 Å². The Labute approximate surface area is 75.7 Å². The lowest BCUT2D eigenvalue weighted by Crippen LogP contribution is -2.09. The number of carbonyl (C=O) groups excluding carboxylic acids is 2. The molecule has 0 saturated heterocycles. The van der Waals surface area contributed by atoms with Crippen LogP contribution in [0.4, 0.5) is 4.79 Å². The summed E-state index contributed by atoms with van der Waals surface area (Å²) in [6, 6.07) is 0. The molecule has 5 heteroatoms. The van der Waals surface area contributed by atoms with Crippen molar-refractivity contribution in [2.45, 2.75) is 6.42 Å². The average Bonchev–Trinajstić information content (AvgIpc) is 2.03. The molecule has 4 nitrogen and oxygen atoms in total. The van der Waals surface area contributed by atoms with E-state index in [0.717, 1.165) is 0 Å². The molecule has 0 bridgehead atoms. The van der Waals surface area contributed by atoms with Crippen LogP contribution in [0.5, 0.6) is 0 Å². The molecular weight excluding hydrogens is 178 g/mol. The minimum absolute atomic E-state index is 0.0279. The minimum Gasteiger partial charge on any atom is -0.451 e. The number of carbonyl (C=O) groups is 2. The van der Waals surface area contributed by atoms with E-state index in [1.165, 1.54) is 13.2 Å². The molecule has 0 aliphatic rings. The molecule has 0 rings (SSSR count). The molecule has 0 spiro atoms. The quantitative estimate of drug-likeness (QED) is 0.410. The summed E-state index contributed by atoms with van der Waals surface area (Å²) in [6.07, 6.45) is 0.849. The third kappa shape index (κ3) is 3.92. The predicted molar refractivity (Wildman–Crippen MR) is 48.6 cm³/mol. The van der Waals surface area contributed by atoms with Crippen LogP contribution < -0.4 is 0 Å². The molecular formula is C7H9NO3S. The number of aliphatic imine (C=N–C) groups is 1. The lowest BCUT2D eigenvalue weighted by molar-refractivity contribution is -0.105. The van der Waals surface area contributed by atoms with E-state index in [4.69, 9.17) is 0 Å². The van der Waals surface area contributed by atoms with Crippen molar-refractivity contribution in [3.8, 4) is 0 Å². The zero-order chi connectivity index (χ0) is 9.56. The highest BCUT2D eigenvalue weighted by atomic mass is 32.1. The third-order valence-corrected chi connectivity index (χ3v) is 1.24. The van der Waals surface area contributed by atoms with Gasteiger partial charge in [-0.3, -0.25) is 4.79 Å². The summed E-state index contributed by atoms with van der Waals surface area (Å²) < 4.78 is 4.23. The molecule has 0 atom stereocenters. The Hall–Kier alpha value is -1.10. The van der Waals surface area contributed by atoms with Crippen molar-refractivity contribution in [1.29, 1.82) is 0 Å². The maximum absolute atomic E-state index is 10.7. The Balaban J connectivity index is 4.48. The second-order valence-electron chi connectivity index (χ2n) is 1.83. The summed E-state index contributed by atoms with van der Waals surface area (Å²) in [5.74, 6) is 0. The first-order valence-corrected chi connectivity index (χ1v) is 3.56. The fourth-order valence-corrected chi connectivity index (χ4v) is 0.615. The average molecular weight is 187 g/mol. The van der Waals surface area contributed by atoms with Crippen LogP contribution in [0.3, 0.4) is 0 Å². The van der Waals surface area contributed by atoms with Crippen molar-refractivity contribution in [2.24, 2.45) is 4.99 Å². The van der Waals surface area contributed by atoms with Gasteiger partial charge in [0.05, 0.1) is 7.11 Å². The van der Waals surface area contributed by atoms with Gasteiger partial charge < -0.3 is 4.74 Å². The van der Waals surface area contributed by atoms with Gasteiger partial charge in [-0.2, -0.15) is 4.99 Å². The topological polar surface area (TPSA) is 55.7 Å². The molecule has 66 valence electrons. The van der Waals surface area contributed by atoms with Gasteiger partial charge in [0.1, 0.15) is 5.71 Å². The standard InChI is InChI=1S/C7H9NO3S/c1-3-4-5(6(9)12)8-7(10)11-2/h3H,1,4H2,2H3,(H,9,12)/b8-5+. The number of nitrogens with zero attached hydrogens (tertiary/aromatic N) is 1. The Kier molecular flexibility index (Phi) is 5.03. The molecule has 0 N–H and O–H groups in total. The Morgan fingerprint density at radius 3 is 2.58 bits per heavy atom. The maximum atomic E-state index is 10.7. The summed E-state index contributed by atoms with van der Waals surface area (Å²) in [5.41, 5.74) is 0.0279. The molecule has 0 aliphatic carbocycles. The molecule has 0 heterocycles. The summed E-state index contributed by atoms with van der Waals surface area (Å²) in [4.78, 5) is 24.6. The van der Waals surface area contributed by atoms with Crippen molar-refractivity contribution >= 4 is 29.5 Å². The second-order valence-corrected chi connectivity index (χ2v) is 2.23. The number of hydrogen-bond donors (Lipinski definition) is 1. The van der Waals surface area contributed by atoms with Crippen molar-refractivity contribution in [1.82, 2.24) is 0 Å². The fourth-order valence-electron chi connectivity index (χ4n) is 0.473. The third-order valence-electron chi connectivity index (χ3n) is 0.985. The predicted octanol–water partition coefficient (Wildman–Crippen LogP) is 1.23. The highest BCUT2D eigenvalue weighted by Crippen LogP contribution is 1.95. The Morgan fingerprint density at radius 2 is 2.25 bits per heavy atom. The number of hydrogen-bond acceptors (Lipinski definition) is 3. The second kappa shape index (κ2) is 5.54. The van der Waals surface area contributed by atoms with Crippen LogP contribution in [-0.4, -0.2) is 24.0 Å². The van der Waals surface area contributed by atoms with E-state index < -0.39 is 11.2 Å². The van der Waals surface area contributed by atoms with Gasteiger partial charge in [-0.05, 0) is 0 Å². The van der Waals surface area contributed by atoms with E-state index in [0.29, 0.717) is 0 Å². The fraction of sp³-hybridized carbons (Fsp3) is 0.286. The maximum Gasteiger partial charge on any atom is 0.433 e. The molecule has 0 saturated carbocycles. The summed E-state index contributed by atoms with van der Waals surface area (Å²) in [5, 5.41) is -0.555. The molecule has 0 aromatic carbocycles. The zero-order valence-corrected chi connectivity index (χ0v) is 7.51. The molecule has 0 aromatic heterocycles. The van der Waals surface area contributed by atoms with Gasteiger partial charge in [0, 0.05) is 6.42 Å². The number of thiol groups is 1. The van der Waals surface area contributed by atoms with Gasteiger partial charge in [0.2, 0.25) is 5.12 Å². The van der Waals surface area contributed by atoms with E-state index in [9.17, 15) is 9.59 Å². The van der Waals surface area contributed by atoms with E-state index in [1.807, 2.05) is 0 Å². The van der Waals surface area contributed by atoms with E-state index >= 15 is 0 Å². The van der Waals surface area contributed by atoms with E-state index in [2.05, 4.69) is 28.9 Å². The highest BCUT2D eigenvalue weighted by molar-refractivity contribution is 7.98. The summed E-state index contributed by atoms with van der Waals surface area (Å²) in [6.45, 7) is 3.40. The smallest absolute Gasteiger partial charge is 0.433 e. The van der Waals surface area contributed by atoms with Crippen molar-refractivity contribution in [3.05, 3.63) is 12.7 Å². The molecule has 0 fully saturated rings. The van der Waals surface area contributed by atoms with Crippen LogP contribution in [0.25, 0.3) is 0 Å². The largest absolute Gasteiger partial charge is 0.451 e. The number of allylic oxidation sites excluding steroid dienone is 1. The van der Waals surface area contributed by atoms with Gasteiger partial charge in [-0.25, -0.2) is 4.79 Å². The minimum atomic E-state index is -0.811. The van der Waals surface area contributed by atoms with E-state index in [1.54, 1.807) is 0 Å². The number of rotatable bonds is 3. The molecule has 0 unspecified atom stereocenters. The molecule has 12 heavy (non-hydrogen) atoms. The number of ether oxygens (including phenoxy) is 1. The van der Waals surface area contributed by atoms with Crippen LogP contribution in [0.2, 0.25) is 0 Å². The SMILES string of the molecule is C=CC/C(=N\C(=O)OC)C(=O)S. The molecule has 0 aliphatic heterocycles. The van der Waals surface area contributed by atoms with Crippen LogP contribution in [0.15, 0.2) is 17.6 Å². The van der Waals surface area contributed by atoms with E-state index in [-0.39, 0.29) is 12.1 Å². The summed E-state index contributed by atoms with van der Waals surface area (Å²) in [7, 11) is 1.18. The Morgan fingerprint density at radius 1 is 1.67 bits per heavy atom. The van der Waals surface area contributed by atoms with Crippen LogP contribution >= 0.6 is 12.6 Å². The number of methoxy groups -OCH3 is 1. The zero-order valence-electron chi connectivity index (χ0n) is 6.61. The lowest BCUT2D eigenvalue weighted by Gasteiger charge is -1.95. The van der Waals surface area contributed by atoms with Gasteiger partial charge >= 0.3 is 6.09 Å². The monoisotopic (exact) mass is 187 g/mol. The molecule has 0 aromatic rings. The summed E-state index contributed by atoms with van der Waals surface area (Å²) >= 11 is 3.52. The van der Waals surface area contributed by atoms with Crippen molar-refractivity contribution in [3.63, 3.8) is 0 Å². The molecule has 0 radical (unpaired) electrons. The van der Waals surface area contributed by atoms with Crippen molar-refractivity contribution < 1.29 is 14.3 Å².